The zero-order chi connectivity index (χ0) is 11.8. The third kappa shape index (κ3) is 4.49. The van der Waals surface area contributed by atoms with Crippen LogP contribution in [0.1, 0.15) is 32.6 Å². The van der Waals surface area contributed by atoms with E-state index in [0.717, 1.165) is 32.2 Å². The van der Waals surface area contributed by atoms with Crippen molar-refractivity contribution in [1.29, 1.82) is 0 Å². The van der Waals surface area contributed by atoms with Crippen molar-refractivity contribution in [3.63, 3.8) is 0 Å². The molecule has 1 saturated carbocycles. The van der Waals surface area contributed by atoms with Crippen molar-refractivity contribution in [1.82, 2.24) is 0 Å². The van der Waals surface area contributed by atoms with E-state index in [-0.39, 0.29) is 11.9 Å². The van der Waals surface area contributed by atoms with Crippen molar-refractivity contribution in [2.45, 2.75) is 32.6 Å². The zero-order valence-corrected chi connectivity index (χ0v) is 10.1. The first-order valence-corrected chi connectivity index (χ1v) is 6.22. The van der Waals surface area contributed by atoms with Gasteiger partial charge in [-0.1, -0.05) is 0 Å². The van der Waals surface area contributed by atoms with Crippen molar-refractivity contribution in [3.8, 4) is 0 Å². The lowest BCUT2D eigenvalue weighted by Crippen LogP contribution is -2.27. The Balaban J connectivity index is 2.13. The van der Waals surface area contributed by atoms with Gasteiger partial charge in [0.1, 0.15) is 6.61 Å². The minimum Gasteiger partial charge on any atom is -0.463 e. The van der Waals surface area contributed by atoms with E-state index in [4.69, 9.17) is 15.2 Å². The van der Waals surface area contributed by atoms with Crippen LogP contribution in [0.5, 0.6) is 0 Å². The van der Waals surface area contributed by atoms with Gasteiger partial charge in [0, 0.05) is 6.61 Å². The number of carbonyl (C=O) groups excluding carboxylic acids is 1. The molecule has 1 aliphatic carbocycles. The molecule has 16 heavy (non-hydrogen) atoms. The second-order valence-electron chi connectivity index (χ2n) is 4.32. The van der Waals surface area contributed by atoms with E-state index in [9.17, 15) is 4.79 Å². The molecule has 0 bridgehead atoms. The molecule has 0 aromatic heterocycles. The molecule has 0 atom stereocenters. The Kier molecular flexibility index (Phi) is 6.42. The van der Waals surface area contributed by atoms with Crippen LogP contribution in [0.3, 0.4) is 0 Å². The van der Waals surface area contributed by atoms with Gasteiger partial charge in [-0.15, -0.1) is 0 Å². The van der Waals surface area contributed by atoms with Crippen LogP contribution in [0.4, 0.5) is 0 Å². The fraction of sp³-hybridized carbons (Fsp3) is 0.917. The number of carbonyl (C=O) groups is 1. The van der Waals surface area contributed by atoms with Gasteiger partial charge in [0.15, 0.2) is 0 Å². The molecule has 94 valence electrons. The molecular formula is C12H23NO3. The van der Waals surface area contributed by atoms with E-state index in [1.807, 2.05) is 6.92 Å². The van der Waals surface area contributed by atoms with Gasteiger partial charge in [-0.25, -0.2) is 0 Å². The second-order valence-corrected chi connectivity index (χ2v) is 4.32. The van der Waals surface area contributed by atoms with Gasteiger partial charge in [0.05, 0.1) is 12.5 Å². The Morgan fingerprint density at radius 3 is 2.50 bits per heavy atom. The topological polar surface area (TPSA) is 61.5 Å². The van der Waals surface area contributed by atoms with E-state index in [2.05, 4.69) is 0 Å². The highest BCUT2D eigenvalue weighted by molar-refractivity contribution is 5.72. The second kappa shape index (κ2) is 7.63. The molecule has 2 N–H and O–H groups in total. The fourth-order valence-corrected chi connectivity index (χ4v) is 2.10. The predicted octanol–water partition coefficient (Wildman–Crippen LogP) is 1.33. The summed E-state index contributed by atoms with van der Waals surface area (Å²) in [5.41, 5.74) is 5.61. The van der Waals surface area contributed by atoms with Crippen molar-refractivity contribution in [3.05, 3.63) is 0 Å². The Morgan fingerprint density at radius 1 is 1.25 bits per heavy atom. The minimum atomic E-state index is -0.0600. The van der Waals surface area contributed by atoms with Crippen molar-refractivity contribution in [2.24, 2.45) is 17.6 Å². The van der Waals surface area contributed by atoms with E-state index >= 15 is 0 Å². The summed E-state index contributed by atoms with van der Waals surface area (Å²) in [6.07, 6.45) is 3.97. The van der Waals surface area contributed by atoms with Gasteiger partial charge in [-0.05, 0) is 45.1 Å². The summed E-state index contributed by atoms with van der Waals surface area (Å²) in [5.74, 6) is 0.632. The van der Waals surface area contributed by atoms with Gasteiger partial charge in [0.2, 0.25) is 0 Å². The Bertz CT molecular complexity index is 200. The Hall–Kier alpha value is -0.610. The lowest BCUT2D eigenvalue weighted by atomic mass is 9.82. The third-order valence-corrected chi connectivity index (χ3v) is 3.19. The number of hydrogen-bond donors (Lipinski definition) is 1. The molecule has 4 heteroatoms. The molecular weight excluding hydrogens is 206 g/mol. The van der Waals surface area contributed by atoms with Crippen LogP contribution in [-0.2, 0) is 14.3 Å². The monoisotopic (exact) mass is 229 g/mol. The molecule has 0 spiro atoms. The summed E-state index contributed by atoms with van der Waals surface area (Å²) in [6, 6.07) is 0. The highest BCUT2D eigenvalue weighted by Gasteiger charge is 2.26. The maximum Gasteiger partial charge on any atom is 0.309 e. The molecule has 4 nitrogen and oxygen atoms in total. The lowest BCUT2D eigenvalue weighted by Gasteiger charge is -2.26. The van der Waals surface area contributed by atoms with Crippen molar-refractivity contribution in [2.75, 3.05) is 26.4 Å². The van der Waals surface area contributed by atoms with Gasteiger partial charge in [0.25, 0.3) is 0 Å². The van der Waals surface area contributed by atoms with Gasteiger partial charge < -0.3 is 15.2 Å². The molecule has 0 aliphatic heterocycles. The van der Waals surface area contributed by atoms with Crippen LogP contribution in [-0.4, -0.2) is 32.3 Å². The van der Waals surface area contributed by atoms with E-state index in [1.54, 1.807) is 0 Å². The van der Waals surface area contributed by atoms with Crippen molar-refractivity contribution >= 4 is 5.97 Å². The SMILES string of the molecule is CCOCCOC(=O)C1CCC(CN)CC1. The molecule has 0 aromatic rings. The third-order valence-electron chi connectivity index (χ3n) is 3.19. The van der Waals surface area contributed by atoms with E-state index in [0.29, 0.717) is 25.7 Å². The fourth-order valence-electron chi connectivity index (χ4n) is 2.10. The van der Waals surface area contributed by atoms with E-state index in [1.165, 1.54) is 0 Å². The number of nitrogens with two attached hydrogens (primary N) is 1. The molecule has 0 aromatic carbocycles. The van der Waals surface area contributed by atoms with Crippen LogP contribution in [0.15, 0.2) is 0 Å². The first-order valence-electron chi connectivity index (χ1n) is 6.22. The van der Waals surface area contributed by atoms with Crippen LogP contribution in [0.25, 0.3) is 0 Å². The molecule has 0 saturated heterocycles. The van der Waals surface area contributed by atoms with Crippen LogP contribution < -0.4 is 5.73 Å². The van der Waals surface area contributed by atoms with Gasteiger partial charge in [-0.2, -0.15) is 0 Å². The van der Waals surface area contributed by atoms with Gasteiger partial charge in [-0.3, -0.25) is 4.79 Å². The predicted molar refractivity (Wildman–Crippen MR) is 62.0 cm³/mol. The average molecular weight is 229 g/mol. The normalized spacial score (nSPS) is 25.4. The van der Waals surface area contributed by atoms with E-state index < -0.39 is 0 Å². The summed E-state index contributed by atoms with van der Waals surface area (Å²) < 4.78 is 10.3. The highest BCUT2D eigenvalue weighted by Crippen LogP contribution is 2.28. The molecule has 0 amide bonds. The maximum absolute atomic E-state index is 11.6. The summed E-state index contributed by atoms with van der Waals surface area (Å²) in [6.45, 7) is 4.21. The van der Waals surface area contributed by atoms with Crippen LogP contribution in [0.2, 0.25) is 0 Å². The zero-order valence-electron chi connectivity index (χ0n) is 10.1. The largest absolute Gasteiger partial charge is 0.463 e. The Labute approximate surface area is 97.5 Å². The highest BCUT2D eigenvalue weighted by atomic mass is 16.6. The maximum atomic E-state index is 11.6. The first kappa shape index (κ1) is 13.5. The van der Waals surface area contributed by atoms with Crippen molar-refractivity contribution < 1.29 is 14.3 Å². The van der Waals surface area contributed by atoms with Gasteiger partial charge >= 0.3 is 5.97 Å². The number of esters is 1. The molecule has 0 heterocycles. The number of ether oxygens (including phenoxy) is 2. The minimum absolute atomic E-state index is 0.0600. The molecule has 0 radical (unpaired) electrons. The standard InChI is InChI=1S/C12H23NO3/c1-2-15-7-8-16-12(14)11-5-3-10(9-13)4-6-11/h10-11H,2-9,13H2,1H3. The summed E-state index contributed by atoms with van der Waals surface area (Å²) in [5, 5.41) is 0. The average Bonchev–Trinajstić information content (AvgIpc) is 2.34. The van der Waals surface area contributed by atoms with Crippen LogP contribution >= 0.6 is 0 Å². The molecule has 0 unspecified atom stereocenters. The Morgan fingerprint density at radius 2 is 1.94 bits per heavy atom. The quantitative estimate of drug-likeness (QED) is 0.551. The number of rotatable bonds is 6. The first-order chi connectivity index (χ1) is 7.77. The summed E-state index contributed by atoms with van der Waals surface area (Å²) in [7, 11) is 0. The molecule has 1 fully saturated rings. The lowest BCUT2D eigenvalue weighted by molar-refractivity contribution is -0.151. The smallest absolute Gasteiger partial charge is 0.309 e. The molecule has 1 aliphatic rings. The summed E-state index contributed by atoms with van der Waals surface area (Å²) in [4.78, 5) is 11.6. The number of hydrogen-bond acceptors (Lipinski definition) is 4. The molecule has 1 rings (SSSR count). The summed E-state index contributed by atoms with van der Waals surface area (Å²) >= 11 is 0. The van der Waals surface area contributed by atoms with Crippen LogP contribution in [0, 0.1) is 11.8 Å².